The van der Waals surface area contributed by atoms with Crippen LogP contribution < -0.4 is 4.74 Å². The summed E-state index contributed by atoms with van der Waals surface area (Å²) in [5, 5.41) is 9.55. The van der Waals surface area contributed by atoms with Crippen molar-refractivity contribution >= 4 is 5.78 Å². The number of fused-ring (bicyclic) bond motifs is 2. The van der Waals surface area contributed by atoms with Crippen molar-refractivity contribution in [1.29, 1.82) is 0 Å². The molecule has 0 radical (unpaired) electrons. The molecule has 0 aromatic heterocycles. The molecule has 3 nitrogen and oxygen atoms in total. The van der Waals surface area contributed by atoms with Gasteiger partial charge in [-0.3, -0.25) is 4.79 Å². The van der Waals surface area contributed by atoms with Gasteiger partial charge in [0.25, 0.3) is 0 Å². The molecule has 1 aromatic carbocycles. The smallest absolute Gasteiger partial charge is 0.163 e. The van der Waals surface area contributed by atoms with Gasteiger partial charge in [-0.05, 0) is 55.2 Å². The molecule has 3 unspecified atom stereocenters. The van der Waals surface area contributed by atoms with Gasteiger partial charge in [-0.15, -0.1) is 0 Å². The van der Waals surface area contributed by atoms with Crippen molar-refractivity contribution in [3.05, 3.63) is 35.9 Å². The molecule has 1 saturated carbocycles. The van der Waals surface area contributed by atoms with Crippen LogP contribution in [0.15, 0.2) is 30.4 Å². The van der Waals surface area contributed by atoms with Gasteiger partial charge in [0.05, 0.1) is 7.11 Å². The first-order valence-electron chi connectivity index (χ1n) is 7.26. The van der Waals surface area contributed by atoms with E-state index in [1.54, 1.807) is 12.1 Å². The first-order chi connectivity index (χ1) is 9.67. The lowest BCUT2D eigenvalue weighted by Gasteiger charge is -2.17. The third-order valence-electron chi connectivity index (χ3n) is 4.66. The summed E-state index contributed by atoms with van der Waals surface area (Å²) in [6.07, 6.45) is 8.73. The van der Waals surface area contributed by atoms with Crippen molar-refractivity contribution in [2.75, 3.05) is 7.11 Å². The fourth-order valence-corrected chi connectivity index (χ4v) is 3.54. The van der Waals surface area contributed by atoms with E-state index in [4.69, 9.17) is 4.74 Å². The van der Waals surface area contributed by atoms with E-state index < -0.39 is 0 Å². The third kappa shape index (κ3) is 2.45. The van der Waals surface area contributed by atoms with Gasteiger partial charge in [0.2, 0.25) is 0 Å². The first kappa shape index (κ1) is 13.2. The SMILES string of the molecule is COc1cc(C(=O)CCC2CC3C=CC2C3)ccc1O. The third-order valence-corrected chi connectivity index (χ3v) is 4.66. The largest absolute Gasteiger partial charge is 0.504 e. The van der Waals surface area contributed by atoms with Crippen LogP contribution in [0.2, 0.25) is 0 Å². The summed E-state index contributed by atoms with van der Waals surface area (Å²) >= 11 is 0. The number of Topliss-reactive ketones (excluding diaryl/α,β-unsaturated/α-hetero) is 1. The summed E-state index contributed by atoms with van der Waals surface area (Å²) < 4.78 is 5.04. The Morgan fingerprint density at radius 1 is 1.35 bits per heavy atom. The summed E-state index contributed by atoms with van der Waals surface area (Å²) in [6, 6.07) is 4.81. The molecule has 2 aliphatic carbocycles. The molecule has 1 fully saturated rings. The van der Waals surface area contributed by atoms with Crippen molar-refractivity contribution in [2.24, 2.45) is 17.8 Å². The second-order valence-corrected chi connectivity index (χ2v) is 5.89. The van der Waals surface area contributed by atoms with E-state index >= 15 is 0 Å². The Hall–Kier alpha value is -1.77. The van der Waals surface area contributed by atoms with Crippen LogP contribution in [0.5, 0.6) is 11.5 Å². The van der Waals surface area contributed by atoms with Gasteiger partial charge in [0.1, 0.15) is 0 Å². The molecule has 3 atom stereocenters. The molecular formula is C17H20O3. The van der Waals surface area contributed by atoms with E-state index in [0.717, 1.165) is 12.3 Å². The Morgan fingerprint density at radius 2 is 2.20 bits per heavy atom. The molecule has 0 aliphatic heterocycles. The van der Waals surface area contributed by atoms with Crippen molar-refractivity contribution in [1.82, 2.24) is 0 Å². The zero-order valence-electron chi connectivity index (χ0n) is 11.7. The maximum Gasteiger partial charge on any atom is 0.163 e. The Bertz CT molecular complexity index is 547. The number of hydrogen-bond donors (Lipinski definition) is 1. The molecule has 0 spiro atoms. The zero-order valence-corrected chi connectivity index (χ0v) is 11.7. The van der Waals surface area contributed by atoms with Crippen molar-refractivity contribution in [3.63, 3.8) is 0 Å². The van der Waals surface area contributed by atoms with Crippen LogP contribution in [0.1, 0.15) is 36.0 Å². The highest BCUT2D eigenvalue weighted by molar-refractivity contribution is 5.96. The van der Waals surface area contributed by atoms with Gasteiger partial charge in [-0.25, -0.2) is 0 Å². The maximum atomic E-state index is 12.2. The van der Waals surface area contributed by atoms with Crippen LogP contribution in [0, 0.1) is 17.8 Å². The van der Waals surface area contributed by atoms with Crippen LogP contribution in [-0.4, -0.2) is 18.0 Å². The van der Waals surface area contributed by atoms with Crippen LogP contribution in [0.3, 0.4) is 0 Å². The second kappa shape index (κ2) is 5.31. The molecule has 1 N–H and O–H groups in total. The Balaban J connectivity index is 1.60. The molecule has 1 aromatic rings. The number of phenols is 1. The minimum atomic E-state index is 0.0716. The van der Waals surface area contributed by atoms with Crippen LogP contribution >= 0.6 is 0 Å². The topological polar surface area (TPSA) is 46.5 Å². The van der Waals surface area contributed by atoms with E-state index in [2.05, 4.69) is 12.2 Å². The lowest BCUT2D eigenvalue weighted by molar-refractivity contribution is 0.0971. The Labute approximate surface area is 119 Å². The standard InChI is InChI=1S/C17H20O3/c1-20-17-10-14(5-7-16(17)19)15(18)6-4-13-9-11-2-3-12(13)8-11/h2-3,5,7,10-13,19H,4,6,8-9H2,1H3. The summed E-state index contributed by atoms with van der Waals surface area (Å²) in [6.45, 7) is 0. The monoisotopic (exact) mass is 272 g/mol. The normalized spacial score (nSPS) is 26.9. The quantitative estimate of drug-likeness (QED) is 0.658. The number of carbonyl (C=O) groups is 1. The number of ketones is 1. The number of phenolic OH excluding ortho intramolecular Hbond substituents is 1. The number of methoxy groups -OCH3 is 1. The Kier molecular flexibility index (Phi) is 3.51. The van der Waals surface area contributed by atoms with Gasteiger partial charge in [-0.1, -0.05) is 12.2 Å². The van der Waals surface area contributed by atoms with Crippen molar-refractivity contribution in [3.8, 4) is 11.5 Å². The van der Waals surface area contributed by atoms with Crippen LogP contribution in [-0.2, 0) is 0 Å². The molecular weight excluding hydrogens is 252 g/mol. The lowest BCUT2D eigenvalue weighted by atomic mass is 9.88. The van der Waals surface area contributed by atoms with E-state index in [0.29, 0.717) is 29.6 Å². The fourth-order valence-electron chi connectivity index (χ4n) is 3.54. The summed E-state index contributed by atoms with van der Waals surface area (Å²) in [5.41, 5.74) is 0.623. The molecule has 2 bridgehead atoms. The highest BCUT2D eigenvalue weighted by atomic mass is 16.5. The number of allylic oxidation sites excluding steroid dienone is 2. The lowest BCUT2D eigenvalue weighted by Crippen LogP contribution is -2.10. The molecule has 20 heavy (non-hydrogen) atoms. The first-order valence-corrected chi connectivity index (χ1v) is 7.26. The van der Waals surface area contributed by atoms with Gasteiger partial charge in [-0.2, -0.15) is 0 Å². The number of carbonyl (C=O) groups excluding carboxylic acids is 1. The number of benzene rings is 1. The Morgan fingerprint density at radius 3 is 2.85 bits per heavy atom. The second-order valence-electron chi connectivity index (χ2n) is 5.89. The minimum absolute atomic E-state index is 0.0716. The van der Waals surface area contributed by atoms with E-state index in [-0.39, 0.29) is 11.5 Å². The summed E-state index contributed by atoms with van der Waals surface area (Å²) in [7, 11) is 1.49. The predicted molar refractivity (Wildman–Crippen MR) is 77.1 cm³/mol. The molecule has 0 saturated heterocycles. The molecule has 106 valence electrons. The molecule has 2 aliphatic rings. The number of aromatic hydroxyl groups is 1. The fraction of sp³-hybridized carbons (Fsp3) is 0.471. The van der Waals surface area contributed by atoms with Gasteiger partial charge in [0, 0.05) is 12.0 Å². The van der Waals surface area contributed by atoms with E-state index in [9.17, 15) is 9.90 Å². The van der Waals surface area contributed by atoms with E-state index in [1.165, 1.54) is 26.0 Å². The average Bonchev–Trinajstić information content (AvgIpc) is 3.07. The number of hydrogen-bond acceptors (Lipinski definition) is 3. The highest BCUT2D eigenvalue weighted by Crippen LogP contribution is 2.45. The molecule has 0 amide bonds. The van der Waals surface area contributed by atoms with Crippen LogP contribution in [0.25, 0.3) is 0 Å². The number of rotatable bonds is 5. The van der Waals surface area contributed by atoms with Gasteiger partial charge < -0.3 is 9.84 Å². The molecule has 3 rings (SSSR count). The van der Waals surface area contributed by atoms with E-state index in [1.807, 2.05) is 0 Å². The van der Waals surface area contributed by atoms with Gasteiger partial charge >= 0.3 is 0 Å². The van der Waals surface area contributed by atoms with Crippen molar-refractivity contribution < 1.29 is 14.6 Å². The molecule has 0 heterocycles. The van der Waals surface area contributed by atoms with Crippen LogP contribution in [0.4, 0.5) is 0 Å². The summed E-state index contributed by atoms with van der Waals surface area (Å²) in [4.78, 5) is 12.2. The average molecular weight is 272 g/mol. The zero-order chi connectivity index (χ0) is 14.1. The predicted octanol–water partition coefficient (Wildman–Crippen LogP) is 3.58. The maximum absolute atomic E-state index is 12.2. The molecule has 3 heteroatoms. The highest BCUT2D eigenvalue weighted by Gasteiger charge is 2.35. The summed E-state index contributed by atoms with van der Waals surface area (Å²) in [5.74, 6) is 2.69. The minimum Gasteiger partial charge on any atom is -0.504 e. The van der Waals surface area contributed by atoms with Gasteiger partial charge in [0.15, 0.2) is 17.3 Å². The van der Waals surface area contributed by atoms with Crippen molar-refractivity contribution in [2.45, 2.75) is 25.7 Å². The number of ether oxygens (including phenoxy) is 1.